The van der Waals surface area contributed by atoms with E-state index in [0.717, 1.165) is 99.9 Å². The zero-order chi connectivity index (χ0) is 36.9. The molecule has 0 spiro atoms. The van der Waals surface area contributed by atoms with Crippen molar-refractivity contribution in [3.05, 3.63) is 102 Å². The minimum Gasteiger partial charge on any atom is -0.465 e. The highest BCUT2D eigenvalue weighted by Gasteiger charge is 2.38. The van der Waals surface area contributed by atoms with E-state index in [1.807, 2.05) is 49.3 Å². The standard InChI is InChI=1S/C42H44N8O4/c1-24(2)37(48-42(52)53-3)40(51)49-18-8-12-34(49)39-45-23-31(47-39)26-14-16-33-28(19-26)20-35-29-15-13-27(32-22-44-38(46-32)30-11-7-17-43-30)21-36(29)54-41(50(33)35)25-9-5-4-6-10-25/h4-6,9-10,13-16,19-24,30,34,37,41,43H,7-8,11-12,17-18H2,1-3H3,(H,44,46)(H,45,47)(H,48,52)/t30?,34-,37-,41-/m0/s1. The predicted molar refractivity (Wildman–Crippen MR) is 206 cm³/mol. The molecule has 0 radical (unpaired) electrons. The first-order chi connectivity index (χ1) is 26.4. The maximum atomic E-state index is 13.7. The average molecular weight is 725 g/mol. The van der Waals surface area contributed by atoms with Crippen LogP contribution in [0.5, 0.6) is 5.75 Å². The van der Waals surface area contributed by atoms with Crippen molar-refractivity contribution < 1.29 is 19.1 Å². The van der Waals surface area contributed by atoms with Crippen molar-refractivity contribution in [1.82, 2.24) is 40.0 Å². The first kappa shape index (κ1) is 33.9. The fourth-order valence-electron chi connectivity index (χ4n) is 8.29. The second-order valence-corrected chi connectivity index (χ2v) is 14.8. The molecule has 276 valence electrons. The van der Waals surface area contributed by atoms with Crippen molar-refractivity contribution >= 4 is 22.9 Å². The number of aromatic nitrogens is 5. The molecule has 2 saturated heterocycles. The molecule has 12 nitrogen and oxygen atoms in total. The minimum atomic E-state index is -0.686. The predicted octanol–water partition coefficient (Wildman–Crippen LogP) is 7.50. The van der Waals surface area contributed by atoms with Crippen LogP contribution in [0, 0.1) is 5.92 Å². The van der Waals surface area contributed by atoms with Gasteiger partial charge >= 0.3 is 6.09 Å². The number of benzene rings is 3. The Labute approximate surface area is 313 Å². The van der Waals surface area contributed by atoms with E-state index in [0.29, 0.717) is 6.54 Å². The number of alkyl carbamates (subject to hydrolysis) is 1. The van der Waals surface area contributed by atoms with Gasteiger partial charge in [-0.05, 0) is 68.5 Å². The van der Waals surface area contributed by atoms with Crippen LogP contribution < -0.4 is 15.4 Å². The molecule has 6 heterocycles. The van der Waals surface area contributed by atoms with Crippen LogP contribution in [0.15, 0.2) is 85.2 Å². The Kier molecular flexibility index (Phi) is 8.69. The molecule has 2 fully saturated rings. The third-order valence-electron chi connectivity index (χ3n) is 11.1. The number of amides is 2. The van der Waals surface area contributed by atoms with Crippen molar-refractivity contribution in [2.24, 2.45) is 5.92 Å². The van der Waals surface area contributed by atoms with Crippen LogP contribution in [-0.4, -0.2) is 67.6 Å². The Balaban J connectivity index is 1.04. The molecule has 0 aliphatic carbocycles. The van der Waals surface area contributed by atoms with Crippen LogP contribution in [0.25, 0.3) is 44.7 Å². The zero-order valence-electron chi connectivity index (χ0n) is 30.6. The maximum absolute atomic E-state index is 13.7. The molecule has 4 N–H and O–H groups in total. The highest BCUT2D eigenvalue weighted by molar-refractivity contribution is 5.92. The lowest BCUT2D eigenvalue weighted by molar-refractivity contribution is -0.135. The van der Waals surface area contributed by atoms with Gasteiger partial charge in [-0.1, -0.05) is 56.3 Å². The van der Waals surface area contributed by atoms with Crippen molar-refractivity contribution in [3.63, 3.8) is 0 Å². The molecule has 0 bridgehead atoms. The largest absolute Gasteiger partial charge is 0.465 e. The van der Waals surface area contributed by atoms with E-state index in [4.69, 9.17) is 19.4 Å². The highest BCUT2D eigenvalue weighted by atomic mass is 16.5. The highest BCUT2D eigenvalue weighted by Crippen LogP contribution is 2.46. The molecule has 3 aliphatic heterocycles. The van der Waals surface area contributed by atoms with Crippen LogP contribution in [-0.2, 0) is 9.53 Å². The van der Waals surface area contributed by atoms with E-state index in [1.54, 1.807) is 0 Å². The molecule has 3 aliphatic rings. The van der Waals surface area contributed by atoms with E-state index in [2.05, 4.69) is 79.8 Å². The minimum absolute atomic E-state index is 0.102. The van der Waals surface area contributed by atoms with Gasteiger partial charge in [0.05, 0.1) is 54.2 Å². The van der Waals surface area contributed by atoms with Gasteiger partial charge < -0.3 is 39.5 Å². The summed E-state index contributed by atoms with van der Waals surface area (Å²) in [7, 11) is 1.30. The summed E-state index contributed by atoms with van der Waals surface area (Å²) in [4.78, 5) is 44.1. The second-order valence-electron chi connectivity index (χ2n) is 14.8. The van der Waals surface area contributed by atoms with E-state index in [9.17, 15) is 9.59 Å². The topological polar surface area (TPSA) is 142 Å². The number of ether oxygens (including phenoxy) is 2. The SMILES string of the molecule is COC(=O)N[C@H](C(=O)N1CCC[C@H]1c1ncc(-c2ccc3c(c2)cc2n3[C@H](c3ccccc3)Oc3cc(-c4cnc(C5CCCN5)[nH]4)ccc3-2)[nH]1)C(C)C. The van der Waals surface area contributed by atoms with E-state index in [1.165, 1.54) is 7.11 Å². The number of nitrogens with zero attached hydrogens (tertiary/aromatic N) is 4. The summed E-state index contributed by atoms with van der Waals surface area (Å²) in [6, 6.07) is 24.8. The second kappa shape index (κ2) is 13.8. The maximum Gasteiger partial charge on any atom is 0.407 e. The Morgan fingerprint density at radius 2 is 1.67 bits per heavy atom. The number of nitrogens with one attached hydrogen (secondary N) is 4. The van der Waals surface area contributed by atoms with E-state index in [-0.39, 0.29) is 30.1 Å². The molecule has 1 unspecified atom stereocenters. The summed E-state index contributed by atoms with van der Waals surface area (Å²) in [5.74, 6) is 2.30. The van der Waals surface area contributed by atoms with Gasteiger partial charge in [-0.2, -0.15) is 0 Å². The zero-order valence-corrected chi connectivity index (χ0v) is 30.6. The summed E-state index contributed by atoms with van der Waals surface area (Å²) in [5.41, 5.74) is 8.09. The third kappa shape index (κ3) is 6.00. The fraction of sp³-hybridized carbons (Fsp3) is 0.333. The van der Waals surface area contributed by atoms with Crippen molar-refractivity contribution in [2.75, 3.05) is 20.2 Å². The molecule has 4 atom stereocenters. The van der Waals surface area contributed by atoms with E-state index >= 15 is 0 Å². The van der Waals surface area contributed by atoms with Crippen LogP contribution >= 0.6 is 0 Å². The number of carbonyl (C=O) groups excluding carboxylic acids is 2. The molecular formula is C42H44N8O4. The average Bonchev–Trinajstić information content (AvgIpc) is 4.04. The van der Waals surface area contributed by atoms with Crippen LogP contribution in [0.2, 0.25) is 0 Å². The number of aromatic amines is 2. The molecule has 2 amide bonds. The third-order valence-corrected chi connectivity index (χ3v) is 11.1. The fourth-order valence-corrected chi connectivity index (χ4v) is 8.29. The number of hydrogen-bond acceptors (Lipinski definition) is 7. The van der Waals surface area contributed by atoms with Crippen LogP contribution in [0.4, 0.5) is 4.79 Å². The number of rotatable bonds is 8. The monoisotopic (exact) mass is 724 g/mol. The Bertz CT molecular complexity index is 2340. The molecule has 12 heteroatoms. The van der Waals surface area contributed by atoms with Gasteiger partial charge in [-0.25, -0.2) is 14.8 Å². The molecule has 0 saturated carbocycles. The van der Waals surface area contributed by atoms with Crippen LogP contribution in [0.3, 0.4) is 0 Å². The quantitative estimate of drug-likeness (QED) is 0.127. The van der Waals surface area contributed by atoms with E-state index < -0.39 is 12.1 Å². The van der Waals surface area contributed by atoms with Gasteiger partial charge in [0.25, 0.3) is 0 Å². The summed E-state index contributed by atoms with van der Waals surface area (Å²) >= 11 is 0. The van der Waals surface area contributed by atoms with Crippen molar-refractivity contribution in [2.45, 2.75) is 63.9 Å². The smallest absolute Gasteiger partial charge is 0.407 e. The molecule has 3 aromatic carbocycles. The molecular weight excluding hydrogens is 681 g/mol. The lowest BCUT2D eigenvalue weighted by atomic mass is 10.0. The number of carbonyl (C=O) groups is 2. The molecule has 6 aromatic rings. The summed E-state index contributed by atoms with van der Waals surface area (Å²) < 4.78 is 14.0. The Morgan fingerprint density at radius 1 is 0.907 bits per heavy atom. The lowest BCUT2D eigenvalue weighted by Gasteiger charge is -2.30. The van der Waals surface area contributed by atoms with Gasteiger partial charge in [0.2, 0.25) is 12.1 Å². The first-order valence-electron chi connectivity index (χ1n) is 18.9. The van der Waals surface area contributed by atoms with Gasteiger partial charge in [0.15, 0.2) is 0 Å². The van der Waals surface area contributed by atoms with Crippen molar-refractivity contribution in [1.29, 1.82) is 0 Å². The Hall–Kier alpha value is -5.88. The van der Waals surface area contributed by atoms with Crippen molar-refractivity contribution in [3.8, 4) is 39.5 Å². The number of methoxy groups -OCH3 is 1. The molecule has 3 aromatic heterocycles. The van der Waals surface area contributed by atoms with Crippen LogP contribution in [0.1, 0.15) is 75.1 Å². The van der Waals surface area contributed by atoms with Gasteiger partial charge in [0, 0.05) is 34.2 Å². The number of fused-ring (bicyclic) bond motifs is 5. The number of likely N-dealkylation sites (tertiary alicyclic amines) is 1. The van der Waals surface area contributed by atoms with Gasteiger partial charge in [-0.15, -0.1) is 0 Å². The first-order valence-corrected chi connectivity index (χ1v) is 18.9. The summed E-state index contributed by atoms with van der Waals surface area (Å²) in [6.45, 7) is 5.45. The number of H-pyrrole nitrogens is 2. The molecule has 9 rings (SSSR count). The number of imidazole rings is 2. The summed E-state index contributed by atoms with van der Waals surface area (Å²) in [5, 5.41) is 7.33. The lowest BCUT2D eigenvalue weighted by Crippen LogP contribution is -2.51. The van der Waals surface area contributed by atoms with Gasteiger partial charge in [0.1, 0.15) is 23.4 Å². The van der Waals surface area contributed by atoms with Gasteiger partial charge in [-0.3, -0.25) is 4.79 Å². The summed E-state index contributed by atoms with van der Waals surface area (Å²) in [6.07, 6.45) is 6.67. The molecule has 54 heavy (non-hydrogen) atoms. The normalized spacial score (nSPS) is 19.8. The number of hydrogen-bond donors (Lipinski definition) is 4. The Morgan fingerprint density at radius 3 is 2.43 bits per heavy atom.